The van der Waals surface area contributed by atoms with Crippen molar-refractivity contribution in [3.63, 3.8) is 0 Å². The number of unbranched alkanes of at least 4 members (excludes halogenated alkanes) is 1. The molecule has 0 aliphatic carbocycles. The van der Waals surface area contributed by atoms with Crippen LogP contribution in [-0.2, 0) is 11.8 Å². The number of fused-ring (bicyclic) bond motifs is 1. The zero-order valence-corrected chi connectivity index (χ0v) is 14.1. The number of aryl methyl sites for hydroxylation is 1. The number of likely N-dealkylation sites (tertiary alicyclic amines) is 1. The molecule has 0 saturated carbocycles. The van der Waals surface area contributed by atoms with Crippen LogP contribution in [0.2, 0.25) is 0 Å². The maximum absolute atomic E-state index is 12.0. The molecule has 0 N–H and O–H groups in total. The highest BCUT2D eigenvalue weighted by Crippen LogP contribution is 2.34. The first-order chi connectivity index (χ1) is 11.2. The van der Waals surface area contributed by atoms with Crippen LogP contribution in [0.3, 0.4) is 0 Å². The first kappa shape index (κ1) is 15.9. The van der Waals surface area contributed by atoms with Gasteiger partial charge in [0, 0.05) is 37.2 Å². The van der Waals surface area contributed by atoms with E-state index in [4.69, 9.17) is 4.74 Å². The molecule has 4 heteroatoms. The SMILES string of the molecule is CCCCOC(=O)N1CCC(c2cn(C)c3ccccc23)CC1. The van der Waals surface area contributed by atoms with Gasteiger partial charge in [0.25, 0.3) is 0 Å². The van der Waals surface area contributed by atoms with Crippen molar-refractivity contribution in [2.75, 3.05) is 19.7 Å². The van der Waals surface area contributed by atoms with E-state index < -0.39 is 0 Å². The van der Waals surface area contributed by atoms with Gasteiger partial charge in [-0.05, 0) is 36.8 Å². The van der Waals surface area contributed by atoms with Crippen LogP contribution in [0.4, 0.5) is 4.79 Å². The van der Waals surface area contributed by atoms with Gasteiger partial charge in [-0.2, -0.15) is 0 Å². The zero-order chi connectivity index (χ0) is 16.2. The number of nitrogens with zero attached hydrogens (tertiary/aromatic N) is 2. The van der Waals surface area contributed by atoms with Crippen LogP contribution in [0.1, 0.15) is 44.1 Å². The van der Waals surface area contributed by atoms with Gasteiger partial charge >= 0.3 is 6.09 Å². The quantitative estimate of drug-likeness (QED) is 0.789. The molecule has 0 bridgehead atoms. The van der Waals surface area contributed by atoms with Crippen molar-refractivity contribution in [2.45, 2.75) is 38.5 Å². The van der Waals surface area contributed by atoms with E-state index in [1.165, 1.54) is 16.5 Å². The number of hydrogen-bond donors (Lipinski definition) is 0. The van der Waals surface area contributed by atoms with Crippen molar-refractivity contribution < 1.29 is 9.53 Å². The summed E-state index contributed by atoms with van der Waals surface area (Å²) in [5, 5.41) is 1.35. The number of piperidine rings is 1. The van der Waals surface area contributed by atoms with Gasteiger partial charge in [-0.3, -0.25) is 0 Å². The lowest BCUT2D eigenvalue weighted by molar-refractivity contribution is 0.0916. The van der Waals surface area contributed by atoms with Crippen LogP contribution < -0.4 is 0 Å². The number of benzene rings is 1. The van der Waals surface area contributed by atoms with Crippen LogP contribution in [0.5, 0.6) is 0 Å². The molecule has 1 aromatic carbocycles. The highest BCUT2D eigenvalue weighted by Gasteiger charge is 2.26. The maximum Gasteiger partial charge on any atom is 0.409 e. The van der Waals surface area contributed by atoms with E-state index in [9.17, 15) is 4.79 Å². The second-order valence-electron chi connectivity index (χ2n) is 6.44. The average Bonchev–Trinajstić information content (AvgIpc) is 2.93. The summed E-state index contributed by atoms with van der Waals surface area (Å²) in [5.74, 6) is 0.529. The summed E-state index contributed by atoms with van der Waals surface area (Å²) in [6.45, 7) is 4.22. The van der Waals surface area contributed by atoms with E-state index >= 15 is 0 Å². The van der Waals surface area contributed by atoms with Gasteiger partial charge in [0.05, 0.1) is 6.61 Å². The molecular formula is C19H26N2O2. The molecule has 2 aromatic rings. The summed E-state index contributed by atoms with van der Waals surface area (Å²) < 4.78 is 7.52. The first-order valence-corrected chi connectivity index (χ1v) is 8.66. The number of amides is 1. The number of aromatic nitrogens is 1. The summed E-state index contributed by atoms with van der Waals surface area (Å²) in [6.07, 6.45) is 6.13. The fourth-order valence-electron chi connectivity index (χ4n) is 3.47. The molecule has 1 saturated heterocycles. The van der Waals surface area contributed by atoms with Gasteiger partial charge in [-0.25, -0.2) is 4.79 Å². The minimum absolute atomic E-state index is 0.144. The van der Waals surface area contributed by atoms with Gasteiger partial charge in [-0.1, -0.05) is 31.5 Å². The lowest BCUT2D eigenvalue weighted by Gasteiger charge is -2.31. The lowest BCUT2D eigenvalue weighted by Crippen LogP contribution is -2.38. The third-order valence-electron chi connectivity index (χ3n) is 4.84. The summed E-state index contributed by atoms with van der Waals surface area (Å²) in [6, 6.07) is 8.56. The van der Waals surface area contributed by atoms with Gasteiger partial charge in [0.15, 0.2) is 0 Å². The normalized spacial score (nSPS) is 16.0. The molecular weight excluding hydrogens is 288 g/mol. The number of carbonyl (C=O) groups excluding carboxylic acids is 1. The zero-order valence-electron chi connectivity index (χ0n) is 14.1. The summed E-state index contributed by atoms with van der Waals surface area (Å²) in [7, 11) is 2.10. The highest BCUT2D eigenvalue weighted by molar-refractivity contribution is 5.84. The smallest absolute Gasteiger partial charge is 0.409 e. The molecule has 1 aromatic heterocycles. The Hall–Kier alpha value is -1.97. The largest absolute Gasteiger partial charge is 0.449 e. The molecule has 0 radical (unpaired) electrons. The molecule has 23 heavy (non-hydrogen) atoms. The van der Waals surface area contributed by atoms with Crippen molar-refractivity contribution in [1.82, 2.24) is 9.47 Å². The topological polar surface area (TPSA) is 34.5 Å². The minimum Gasteiger partial charge on any atom is -0.449 e. The van der Waals surface area contributed by atoms with Crippen molar-refractivity contribution in [3.8, 4) is 0 Å². The Balaban J connectivity index is 1.63. The maximum atomic E-state index is 12.0. The Morgan fingerprint density at radius 3 is 2.74 bits per heavy atom. The lowest BCUT2D eigenvalue weighted by atomic mass is 9.89. The molecule has 0 spiro atoms. The fraction of sp³-hybridized carbons (Fsp3) is 0.526. The molecule has 124 valence electrons. The molecule has 1 fully saturated rings. The van der Waals surface area contributed by atoms with E-state index in [0.717, 1.165) is 38.8 Å². The predicted octanol–water partition coefficient (Wildman–Crippen LogP) is 4.29. The Kier molecular flexibility index (Phi) is 4.89. The van der Waals surface area contributed by atoms with E-state index in [-0.39, 0.29) is 6.09 Å². The Morgan fingerprint density at radius 2 is 2.00 bits per heavy atom. The summed E-state index contributed by atoms with van der Waals surface area (Å²) in [4.78, 5) is 13.9. The van der Waals surface area contributed by atoms with Crippen LogP contribution in [0, 0.1) is 0 Å². The number of carbonyl (C=O) groups is 1. The van der Waals surface area contributed by atoms with Crippen molar-refractivity contribution in [2.24, 2.45) is 7.05 Å². The second kappa shape index (κ2) is 7.07. The molecule has 3 rings (SSSR count). The molecule has 1 aliphatic heterocycles. The van der Waals surface area contributed by atoms with Crippen molar-refractivity contribution in [3.05, 3.63) is 36.0 Å². The Bertz CT molecular complexity index is 669. The van der Waals surface area contributed by atoms with Gasteiger partial charge in [0.1, 0.15) is 0 Å². The molecule has 2 heterocycles. The summed E-state index contributed by atoms with van der Waals surface area (Å²) in [5.41, 5.74) is 2.70. The van der Waals surface area contributed by atoms with Gasteiger partial charge in [-0.15, -0.1) is 0 Å². The number of para-hydroxylation sites is 1. The Morgan fingerprint density at radius 1 is 1.26 bits per heavy atom. The van der Waals surface area contributed by atoms with Gasteiger partial charge in [0.2, 0.25) is 0 Å². The van der Waals surface area contributed by atoms with E-state index in [1.54, 1.807) is 0 Å². The van der Waals surface area contributed by atoms with E-state index in [1.807, 2.05) is 4.90 Å². The molecule has 0 unspecified atom stereocenters. The minimum atomic E-state index is -0.144. The third-order valence-corrected chi connectivity index (χ3v) is 4.84. The first-order valence-electron chi connectivity index (χ1n) is 8.66. The standard InChI is InChI=1S/C19H26N2O2/c1-3-4-13-23-19(22)21-11-9-15(10-12-21)17-14-20(2)18-8-6-5-7-16(17)18/h5-8,14-15H,3-4,9-13H2,1-2H3. The van der Waals surface area contributed by atoms with Crippen LogP contribution >= 0.6 is 0 Å². The Labute approximate surface area is 138 Å². The second-order valence-corrected chi connectivity index (χ2v) is 6.44. The monoisotopic (exact) mass is 314 g/mol. The van der Waals surface area contributed by atoms with E-state index in [0.29, 0.717) is 12.5 Å². The number of hydrogen-bond acceptors (Lipinski definition) is 2. The van der Waals surface area contributed by atoms with Gasteiger partial charge < -0.3 is 14.2 Å². The number of rotatable bonds is 4. The van der Waals surface area contributed by atoms with E-state index in [2.05, 4.69) is 49.0 Å². The molecule has 4 nitrogen and oxygen atoms in total. The third kappa shape index (κ3) is 3.36. The summed E-state index contributed by atoms with van der Waals surface area (Å²) >= 11 is 0. The van der Waals surface area contributed by atoms with Crippen molar-refractivity contribution in [1.29, 1.82) is 0 Å². The molecule has 0 atom stereocenters. The molecule has 1 aliphatic rings. The number of ether oxygens (including phenoxy) is 1. The van der Waals surface area contributed by atoms with Crippen LogP contribution in [0.15, 0.2) is 30.5 Å². The van der Waals surface area contributed by atoms with Crippen LogP contribution in [0.25, 0.3) is 10.9 Å². The predicted molar refractivity (Wildman–Crippen MR) is 92.7 cm³/mol. The fourth-order valence-corrected chi connectivity index (χ4v) is 3.47. The van der Waals surface area contributed by atoms with Crippen molar-refractivity contribution >= 4 is 17.0 Å². The average molecular weight is 314 g/mol. The van der Waals surface area contributed by atoms with Crippen LogP contribution in [-0.4, -0.2) is 35.3 Å². The highest BCUT2D eigenvalue weighted by atomic mass is 16.6. The molecule has 1 amide bonds.